The maximum atomic E-state index is 2.36. The number of rotatable bonds is 19. The third-order valence-electron chi connectivity index (χ3n) is 9.16. The lowest BCUT2D eigenvalue weighted by Gasteiger charge is -2.29. The van der Waals surface area contributed by atoms with E-state index in [1.54, 1.807) is 0 Å². The molecule has 2 heterocycles. The van der Waals surface area contributed by atoms with E-state index in [2.05, 4.69) is 197 Å². The Morgan fingerprint density at radius 1 is 0.471 bits per heavy atom. The van der Waals surface area contributed by atoms with Gasteiger partial charge < -0.3 is 31.2 Å². The summed E-state index contributed by atoms with van der Waals surface area (Å²) in [6.45, 7) is 6.63. The zero-order chi connectivity index (χ0) is 36.0. The summed E-state index contributed by atoms with van der Waals surface area (Å²) < 4.78 is 6.67. The van der Waals surface area contributed by atoms with E-state index >= 15 is 0 Å². The lowest BCUT2D eigenvalue weighted by atomic mass is 10.1. The number of hydrogen-bond donors (Lipinski definition) is 0. The van der Waals surface area contributed by atoms with Crippen molar-refractivity contribution in [3.63, 3.8) is 0 Å². The highest BCUT2D eigenvalue weighted by molar-refractivity contribution is 8.76. The molecule has 0 N–H and O–H groups in total. The van der Waals surface area contributed by atoms with E-state index in [-0.39, 0.29) is 12.4 Å². The van der Waals surface area contributed by atoms with Gasteiger partial charge in [0.1, 0.15) is 13.1 Å². The average molecular weight is 749 g/mol. The minimum Gasteiger partial charge on any atom is -1.00 e. The van der Waals surface area contributed by atoms with Crippen molar-refractivity contribution in [3.8, 4) is 0 Å². The van der Waals surface area contributed by atoms with Crippen LogP contribution in [0.4, 0.5) is 11.4 Å². The van der Waals surface area contributed by atoms with Gasteiger partial charge in [-0.25, -0.2) is 0 Å². The Bertz CT molecular complexity index is 1510. The van der Waals surface area contributed by atoms with Gasteiger partial charge in [-0.15, -0.1) is 0 Å². The Morgan fingerprint density at radius 2 is 0.765 bits per heavy atom. The van der Waals surface area contributed by atoms with Gasteiger partial charge in [-0.2, -0.15) is 9.13 Å². The summed E-state index contributed by atoms with van der Waals surface area (Å²) in [4.78, 5) is 4.25. The number of halogens is 1. The van der Waals surface area contributed by atoms with E-state index < -0.39 is 0 Å². The maximum absolute atomic E-state index is 2.36. The molecular weight excluding hydrogens is 688 g/mol. The Kier molecular flexibility index (Phi) is 17.1. The summed E-state index contributed by atoms with van der Waals surface area (Å²) >= 11 is 0. The molecule has 0 bridgehead atoms. The first-order valence-corrected chi connectivity index (χ1v) is 20.1. The van der Waals surface area contributed by atoms with Crippen LogP contribution in [0.5, 0.6) is 0 Å². The zero-order valence-corrected chi connectivity index (χ0v) is 34.5. The first-order chi connectivity index (χ1) is 23.9. The molecule has 2 aromatic heterocycles. The van der Waals surface area contributed by atoms with Crippen LogP contribution in [0.15, 0.2) is 97.6 Å². The van der Waals surface area contributed by atoms with Gasteiger partial charge in [0.05, 0.1) is 52.8 Å². The fourth-order valence-electron chi connectivity index (χ4n) is 5.29. The second-order valence-corrected chi connectivity index (χ2v) is 17.5. The molecule has 0 amide bonds. The highest BCUT2D eigenvalue weighted by Gasteiger charge is 2.19. The fraction of sp³-hybridized carbons (Fsp3) is 0.381. The van der Waals surface area contributed by atoms with E-state index in [0.717, 1.165) is 35.1 Å². The summed E-state index contributed by atoms with van der Waals surface area (Å²) in [7, 11) is 21.8. The van der Waals surface area contributed by atoms with Crippen molar-refractivity contribution in [2.75, 3.05) is 104 Å². The van der Waals surface area contributed by atoms with E-state index in [4.69, 9.17) is 0 Å². The molecule has 0 aliphatic carbocycles. The number of anilines is 2. The molecule has 0 atom stereocenters. The predicted octanol–water partition coefficient (Wildman–Crippen LogP) is 3.97. The molecule has 0 radical (unpaired) electrons. The van der Waals surface area contributed by atoms with Crippen LogP contribution in [0.2, 0.25) is 0 Å². The summed E-state index contributed by atoms with van der Waals surface area (Å²) in [5.74, 6) is 2.35. The van der Waals surface area contributed by atoms with Crippen LogP contribution in [0.25, 0.3) is 24.3 Å². The van der Waals surface area contributed by atoms with Crippen molar-refractivity contribution >= 4 is 57.3 Å². The normalized spacial score (nSPS) is 12.0. The van der Waals surface area contributed by atoms with E-state index in [1.165, 1.54) is 58.2 Å². The van der Waals surface area contributed by atoms with Crippen molar-refractivity contribution in [1.29, 1.82) is 0 Å². The van der Waals surface area contributed by atoms with Crippen LogP contribution in [0.1, 0.15) is 22.3 Å². The average Bonchev–Trinajstić information content (AvgIpc) is 3.11. The summed E-state index contributed by atoms with van der Waals surface area (Å²) in [5.41, 5.74) is 7.32. The quantitative estimate of drug-likeness (QED) is 0.0624. The number of aromatic nitrogens is 2. The topological polar surface area (TPSA) is 14.2 Å². The lowest BCUT2D eigenvalue weighted by Crippen LogP contribution is -3.00. The van der Waals surface area contributed by atoms with Gasteiger partial charge in [0.15, 0.2) is 37.9 Å². The van der Waals surface area contributed by atoms with Gasteiger partial charge in [-0.1, -0.05) is 70.2 Å². The standard InChI is InChI=1S/C42H60N6S2.ClH/c1-43(2)41-17-13-37(14-18-41)9-11-39-21-25-45(26-22-39)29-31-47(5,6)33-35-49-50-36-34-48(7,8)32-30-46-27-23-40(24-28-46)12-10-38-15-19-42(20-16-38)44(3)4;/h9-28H,29-36H2,1-8H3;1H/q+4;/p-1. The van der Waals surface area contributed by atoms with E-state index in [1.807, 2.05) is 21.6 Å². The van der Waals surface area contributed by atoms with Crippen molar-refractivity contribution < 1.29 is 30.5 Å². The molecule has 0 aliphatic rings. The maximum Gasteiger partial charge on any atom is 0.196 e. The summed E-state index contributed by atoms with van der Waals surface area (Å²) in [6.07, 6.45) is 17.6. The van der Waals surface area contributed by atoms with Crippen LogP contribution in [0.3, 0.4) is 0 Å². The molecule has 6 nitrogen and oxygen atoms in total. The fourth-order valence-corrected chi connectivity index (χ4v) is 7.82. The molecule has 0 saturated carbocycles. The number of likely N-dealkylation sites (N-methyl/N-ethyl adjacent to an activating group) is 2. The molecule has 2 aromatic carbocycles. The first kappa shape index (κ1) is 42.1. The van der Waals surface area contributed by atoms with Crippen LogP contribution in [-0.2, 0) is 13.1 Å². The van der Waals surface area contributed by atoms with Crippen molar-refractivity contribution in [3.05, 3.63) is 120 Å². The summed E-state index contributed by atoms with van der Waals surface area (Å²) in [6, 6.07) is 26.1. The first-order valence-electron chi connectivity index (χ1n) is 17.7. The lowest BCUT2D eigenvalue weighted by molar-refractivity contribution is -0.907. The second-order valence-electron chi connectivity index (χ2n) is 14.8. The van der Waals surface area contributed by atoms with Crippen LogP contribution in [-0.4, -0.2) is 103 Å². The molecule has 4 rings (SSSR count). The van der Waals surface area contributed by atoms with E-state index in [0.29, 0.717) is 0 Å². The zero-order valence-electron chi connectivity index (χ0n) is 32.1. The van der Waals surface area contributed by atoms with Crippen molar-refractivity contribution in [2.45, 2.75) is 13.1 Å². The van der Waals surface area contributed by atoms with Gasteiger partial charge in [-0.3, -0.25) is 0 Å². The van der Waals surface area contributed by atoms with Gasteiger partial charge >= 0.3 is 0 Å². The Balaban J connectivity index is 0.00000702. The predicted molar refractivity (Wildman–Crippen MR) is 221 cm³/mol. The SMILES string of the molecule is CN(C)c1ccc(/C=C/c2cc[n+](CC[N+](C)(C)CCSSCC[N+](C)(C)CC[n+]3ccc(/C=C/c4ccc(N(C)C)cc4)cc3)cc2)cc1.[Cl-]. The molecule has 0 fully saturated rings. The largest absolute Gasteiger partial charge is 1.00 e. The third kappa shape index (κ3) is 15.5. The van der Waals surface area contributed by atoms with Crippen molar-refractivity contribution in [1.82, 2.24) is 0 Å². The molecule has 9 heteroatoms. The number of pyridine rings is 2. The molecule has 51 heavy (non-hydrogen) atoms. The van der Waals surface area contributed by atoms with Gasteiger partial charge in [0.25, 0.3) is 0 Å². The highest BCUT2D eigenvalue weighted by atomic mass is 35.5. The Morgan fingerprint density at radius 3 is 1.06 bits per heavy atom. The van der Waals surface area contributed by atoms with Gasteiger partial charge in [0, 0.05) is 63.8 Å². The van der Waals surface area contributed by atoms with Crippen LogP contribution in [0, 0.1) is 0 Å². The van der Waals surface area contributed by atoms with Gasteiger partial charge in [0.2, 0.25) is 0 Å². The minimum atomic E-state index is 0. The Hall–Kier alpha value is -3.27. The monoisotopic (exact) mass is 747 g/mol. The minimum absolute atomic E-state index is 0. The number of benzene rings is 2. The molecule has 0 unspecified atom stereocenters. The molecule has 4 aromatic rings. The van der Waals surface area contributed by atoms with Crippen molar-refractivity contribution in [2.24, 2.45) is 0 Å². The Labute approximate surface area is 323 Å². The molecule has 0 aliphatic heterocycles. The molecule has 274 valence electrons. The molecule has 0 spiro atoms. The summed E-state index contributed by atoms with van der Waals surface area (Å²) in [5, 5.41) is 0. The number of nitrogens with zero attached hydrogens (tertiary/aromatic N) is 6. The van der Waals surface area contributed by atoms with Gasteiger partial charge in [-0.05, 0) is 46.5 Å². The molecule has 0 saturated heterocycles. The smallest absolute Gasteiger partial charge is 0.196 e. The second kappa shape index (κ2) is 20.7. The number of hydrogen-bond acceptors (Lipinski definition) is 4. The highest BCUT2D eigenvalue weighted by Crippen LogP contribution is 2.22. The van der Waals surface area contributed by atoms with Crippen LogP contribution < -0.4 is 31.3 Å². The molecular formula is C42H60ClN6S2+3. The number of quaternary nitrogens is 2. The van der Waals surface area contributed by atoms with E-state index in [9.17, 15) is 0 Å². The third-order valence-corrected chi connectivity index (χ3v) is 11.5. The van der Waals surface area contributed by atoms with Crippen LogP contribution >= 0.6 is 21.6 Å².